The van der Waals surface area contributed by atoms with E-state index in [9.17, 15) is 4.39 Å². The van der Waals surface area contributed by atoms with E-state index in [1.807, 2.05) is 13.8 Å². The van der Waals surface area contributed by atoms with Crippen LogP contribution in [0, 0.1) is 5.92 Å². The third-order valence-electron chi connectivity index (χ3n) is 1.93. The summed E-state index contributed by atoms with van der Waals surface area (Å²) < 4.78 is 12.9. The zero-order chi connectivity index (χ0) is 8.20. The summed E-state index contributed by atoms with van der Waals surface area (Å²) in [4.78, 5) is 0. The molecule has 2 unspecified atom stereocenters. The van der Waals surface area contributed by atoms with E-state index in [1.54, 1.807) is 6.92 Å². The maximum Gasteiger partial charge on any atom is 0.108 e. The third kappa shape index (κ3) is 3.19. The average molecular weight is 146 g/mol. The largest absolute Gasteiger partial charge is 0.244 e. The van der Waals surface area contributed by atoms with Gasteiger partial charge in [-0.2, -0.15) is 0 Å². The lowest BCUT2D eigenvalue weighted by atomic mass is 10.1. The molecule has 0 saturated heterocycles. The molecule has 10 heavy (non-hydrogen) atoms. The lowest BCUT2D eigenvalue weighted by molar-refractivity contribution is 0.194. The van der Waals surface area contributed by atoms with Crippen LogP contribution in [0.2, 0.25) is 0 Å². The maximum absolute atomic E-state index is 12.9. The molecule has 0 aromatic rings. The van der Waals surface area contributed by atoms with E-state index < -0.39 is 5.67 Å². The predicted octanol–water partition coefficient (Wildman–Crippen LogP) is 3.56. The Kier molecular flexibility index (Phi) is 3.92. The lowest BCUT2D eigenvalue weighted by Crippen LogP contribution is -2.10. The second-order valence-electron chi connectivity index (χ2n) is 3.26. The number of alkyl halides is 1. The summed E-state index contributed by atoms with van der Waals surface area (Å²) in [6.07, 6.45) is 2.62. The molecule has 62 valence electrons. The molecule has 2 atom stereocenters. The van der Waals surface area contributed by atoms with Crippen molar-refractivity contribution in [1.82, 2.24) is 0 Å². The van der Waals surface area contributed by atoms with Crippen LogP contribution in [-0.2, 0) is 0 Å². The number of halogens is 1. The van der Waals surface area contributed by atoms with Crippen molar-refractivity contribution in [3.8, 4) is 0 Å². The molecule has 1 rings (SSSR count). The van der Waals surface area contributed by atoms with Crippen LogP contribution in [0.25, 0.3) is 0 Å². The molecule has 1 aliphatic carbocycles. The fourth-order valence-electron chi connectivity index (χ4n) is 1.48. The summed E-state index contributed by atoms with van der Waals surface area (Å²) in [5.74, 6) is 0.616. The summed E-state index contributed by atoms with van der Waals surface area (Å²) in [7, 11) is 0. The maximum atomic E-state index is 12.9. The second-order valence-corrected chi connectivity index (χ2v) is 3.26. The summed E-state index contributed by atoms with van der Waals surface area (Å²) in [6, 6.07) is 0. The Morgan fingerprint density at radius 2 is 1.90 bits per heavy atom. The fraction of sp³-hybridized carbons (Fsp3) is 1.00. The van der Waals surface area contributed by atoms with Crippen molar-refractivity contribution in [2.45, 2.75) is 52.6 Å². The molecule has 1 aliphatic rings. The first-order valence-corrected chi connectivity index (χ1v) is 4.29. The molecule has 0 amide bonds. The molecule has 0 bridgehead atoms. The van der Waals surface area contributed by atoms with Crippen LogP contribution in [0.5, 0.6) is 0 Å². The van der Waals surface area contributed by atoms with Gasteiger partial charge in [-0.25, -0.2) is 4.39 Å². The van der Waals surface area contributed by atoms with Crippen molar-refractivity contribution in [2.75, 3.05) is 0 Å². The summed E-state index contributed by atoms with van der Waals surface area (Å²) in [5, 5.41) is 0. The van der Waals surface area contributed by atoms with Crippen molar-refractivity contribution in [2.24, 2.45) is 5.92 Å². The Labute approximate surface area is 63.8 Å². The molecule has 0 radical (unpaired) electrons. The van der Waals surface area contributed by atoms with E-state index in [0.29, 0.717) is 5.92 Å². The Morgan fingerprint density at radius 1 is 1.40 bits per heavy atom. The molecule has 0 spiro atoms. The highest BCUT2D eigenvalue weighted by molar-refractivity contribution is 4.83. The molecule has 0 aromatic carbocycles. The highest BCUT2D eigenvalue weighted by Crippen LogP contribution is 2.36. The average Bonchev–Trinajstić information content (AvgIpc) is 2.15. The van der Waals surface area contributed by atoms with E-state index in [4.69, 9.17) is 0 Å². The lowest BCUT2D eigenvalue weighted by Gasteiger charge is -2.09. The first-order valence-electron chi connectivity index (χ1n) is 4.29. The molecular formula is C9H19F. The normalized spacial score (nSPS) is 38.7. The van der Waals surface area contributed by atoms with E-state index in [1.165, 1.54) is 0 Å². The number of hydrogen-bond acceptors (Lipinski definition) is 0. The zero-order valence-electron chi connectivity index (χ0n) is 7.58. The predicted molar refractivity (Wildman–Crippen MR) is 43.9 cm³/mol. The van der Waals surface area contributed by atoms with Crippen molar-refractivity contribution in [1.29, 1.82) is 0 Å². The highest BCUT2D eigenvalue weighted by atomic mass is 19.1. The minimum atomic E-state index is -0.834. The van der Waals surface area contributed by atoms with E-state index in [-0.39, 0.29) is 0 Å². The van der Waals surface area contributed by atoms with Gasteiger partial charge in [0, 0.05) is 0 Å². The van der Waals surface area contributed by atoms with Crippen molar-refractivity contribution in [3.05, 3.63) is 0 Å². The van der Waals surface area contributed by atoms with Crippen molar-refractivity contribution in [3.63, 3.8) is 0 Å². The van der Waals surface area contributed by atoms with Gasteiger partial charge in [-0.15, -0.1) is 0 Å². The smallest absolute Gasteiger partial charge is 0.108 e. The van der Waals surface area contributed by atoms with Gasteiger partial charge < -0.3 is 0 Å². The summed E-state index contributed by atoms with van der Waals surface area (Å²) >= 11 is 0. The van der Waals surface area contributed by atoms with Gasteiger partial charge in [0.15, 0.2) is 0 Å². The Hall–Kier alpha value is -0.0700. The van der Waals surface area contributed by atoms with E-state index in [2.05, 4.69) is 6.92 Å². The monoisotopic (exact) mass is 146 g/mol. The van der Waals surface area contributed by atoms with Crippen LogP contribution in [0.4, 0.5) is 4.39 Å². The van der Waals surface area contributed by atoms with Gasteiger partial charge in [-0.1, -0.05) is 20.8 Å². The van der Waals surface area contributed by atoms with Crippen molar-refractivity contribution >= 4 is 0 Å². The quantitative estimate of drug-likeness (QED) is 0.490. The molecule has 0 nitrogen and oxygen atoms in total. The SMILES string of the molecule is CC.CC1CCC(C)(F)C1. The van der Waals surface area contributed by atoms with Gasteiger partial charge >= 0.3 is 0 Å². The van der Waals surface area contributed by atoms with Gasteiger partial charge in [0.2, 0.25) is 0 Å². The molecule has 0 aliphatic heterocycles. The molecule has 0 aromatic heterocycles. The minimum Gasteiger partial charge on any atom is -0.244 e. The Bertz CT molecular complexity index is 86.7. The van der Waals surface area contributed by atoms with E-state index >= 15 is 0 Å². The van der Waals surface area contributed by atoms with Crippen LogP contribution in [0.1, 0.15) is 47.0 Å². The summed E-state index contributed by atoms with van der Waals surface area (Å²) in [5.41, 5.74) is -0.834. The molecule has 1 heteroatoms. The van der Waals surface area contributed by atoms with Crippen LogP contribution in [0.3, 0.4) is 0 Å². The molecule has 1 fully saturated rings. The van der Waals surface area contributed by atoms with Crippen LogP contribution in [-0.4, -0.2) is 5.67 Å². The second kappa shape index (κ2) is 3.95. The van der Waals surface area contributed by atoms with Gasteiger partial charge in [0.05, 0.1) is 0 Å². The Morgan fingerprint density at radius 3 is 2.00 bits per heavy atom. The van der Waals surface area contributed by atoms with Gasteiger partial charge in [0.25, 0.3) is 0 Å². The first kappa shape index (κ1) is 9.93. The molecule has 1 saturated carbocycles. The Balaban J connectivity index is 0.000000371. The number of rotatable bonds is 0. The standard InChI is InChI=1S/C7H13F.C2H6/c1-6-3-4-7(2,8)5-6;1-2/h6H,3-5H2,1-2H3;1-2H3. The minimum absolute atomic E-state index is 0.616. The topological polar surface area (TPSA) is 0 Å². The van der Waals surface area contributed by atoms with Crippen LogP contribution < -0.4 is 0 Å². The van der Waals surface area contributed by atoms with Gasteiger partial charge in [-0.3, -0.25) is 0 Å². The van der Waals surface area contributed by atoms with Crippen LogP contribution in [0.15, 0.2) is 0 Å². The molecule has 0 heterocycles. The van der Waals surface area contributed by atoms with Crippen molar-refractivity contribution < 1.29 is 4.39 Å². The van der Waals surface area contributed by atoms with Crippen LogP contribution >= 0.6 is 0 Å². The van der Waals surface area contributed by atoms with E-state index in [0.717, 1.165) is 19.3 Å². The number of hydrogen-bond donors (Lipinski definition) is 0. The highest BCUT2D eigenvalue weighted by Gasteiger charge is 2.32. The molecular weight excluding hydrogens is 127 g/mol. The fourth-order valence-corrected chi connectivity index (χ4v) is 1.48. The van der Waals surface area contributed by atoms with Gasteiger partial charge in [0.1, 0.15) is 5.67 Å². The zero-order valence-corrected chi connectivity index (χ0v) is 7.58. The molecule has 0 N–H and O–H groups in total. The third-order valence-corrected chi connectivity index (χ3v) is 1.93. The summed E-state index contributed by atoms with van der Waals surface area (Å²) in [6.45, 7) is 7.82. The van der Waals surface area contributed by atoms with Gasteiger partial charge in [-0.05, 0) is 32.1 Å². The first-order chi connectivity index (χ1) is 4.60.